The molecular weight excluding hydrogens is 340 g/mol. The number of carbonyl (C=O) groups excluding carboxylic acids is 1. The van der Waals surface area contributed by atoms with Gasteiger partial charge in [0, 0.05) is 44.2 Å². The zero-order chi connectivity index (χ0) is 19.2. The summed E-state index contributed by atoms with van der Waals surface area (Å²) in [4.78, 5) is 28.0. The molecule has 5 heteroatoms. The topological polar surface area (TPSA) is 60.9 Å². The molecule has 142 valence electrons. The highest BCUT2D eigenvalue weighted by Crippen LogP contribution is 2.27. The molecule has 2 aromatic rings. The van der Waals surface area contributed by atoms with Gasteiger partial charge in [-0.1, -0.05) is 48.0 Å². The van der Waals surface area contributed by atoms with E-state index in [-0.39, 0.29) is 18.4 Å². The molecule has 5 nitrogen and oxygen atoms in total. The molecule has 1 fully saturated rings. The third-order valence-electron chi connectivity index (χ3n) is 5.16. The third-order valence-corrected chi connectivity index (χ3v) is 5.16. The van der Waals surface area contributed by atoms with Gasteiger partial charge in [-0.2, -0.15) is 0 Å². The van der Waals surface area contributed by atoms with Crippen LogP contribution in [0.2, 0.25) is 0 Å². The van der Waals surface area contributed by atoms with Gasteiger partial charge in [-0.05, 0) is 31.0 Å². The lowest BCUT2D eigenvalue weighted by atomic mass is 9.99. The number of carbonyl (C=O) groups is 2. The zero-order valence-corrected chi connectivity index (χ0v) is 15.7. The van der Waals surface area contributed by atoms with Crippen molar-refractivity contribution in [3.05, 3.63) is 71.3 Å². The van der Waals surface area contributed by atoms with Crippen molar-refractivity contribution in [1.29, 1.82) is 0 Å². The maximum atomic E-state index is 12.7. The van der Waals surface area contributed by atoms with Crippen LogP contribution in [-0.2, 0) is 4.79 Å². The Labute approximate surface area is 160 Å². The summed E-state index contributed by atoms with van der Waals surface area (Å²) >= 11 is 0. The number of carboxylic acids is 1. The molecule has 0 saturated carbocycles. The highest BCUT2D eigenvalue weighted by Gasteiger charge is 2.27. The van der Waals surface area contributed by atoms with E-state index >= 15 is 0 Å². The summed E-state index contributed by atoms with van der Waals surface area (Å²) in [5.74, 6) is -0.708. The third kappa shape index (κ3) is 4.95. The molecule has 1 amide bonds. The Hall–Kier alpha value is -2.66. The first-order valence-corrected chi connectivity index (χ1v) is 9.41. The van der Waals surface area contributed by atoms with E-state index in [1.807, 2.05) is 54.3 Å². The van der Waals surface area contributed by atoms with Crippen molar-refractivity contribution < 1.29 is 14.7 Å². The van der Waals surface area contributed by atoms with Gasteiger partial charge in [-0.3, -0.25) is 14.5 Å². The summed E-state index contributed by atoms with van der Waals surface area (Å²) < 4.78 is 0. The van der Waals surface area contributed by atoms with Crippen LogP contribution in [0.3, 0.4) is 0 Å². The van der Waals surface area contributed by atoms with Crippen molar-refractivity contribution in [2.75, 3.05) is 26.2 Å². The Kier molecular flexibility index (Phi) is 6.24. The average molecular weight is 366 g/mol. The molecular formula is C22H26N2O3. The molecule has 1 atom stereocenters. The van der Waals surface area contributed by atoms with E-state index in [0.717, 1.165) is 29.8 Å². The Bertz CT molecular complexity index is 766. The summed E-state index contributed by atoms with van der Waals surface area (Å²) in [6.45, 7) is 4.81. The molecule has 2 aromatic carbocycles. The lowest BCUT2D eigenvalue weighted by Gasteiger charge is -2.39. The summed E-state index contributed by atoms with van der Waals surface area (Å²) in [5, 5.41) is 9.10. The molecule has 1 aliphatic heterocycles. The van der Waals surface area contributed by atoms with Crippen molar-refractivity contribution in [3.63, 3.8) is 0 Å². The van der Waals surface area contributed by atoms with Crippen LogP contribution in [-0.4, -0.2) is 53.0 Å². The van der Waals surface area contributed by atoms with Gasteiger partial charge in [0.1, 0.15) is 0 Å². The Morgan fingerprint density at radius 2 is 1.59 bits per heavy atom. The minimum Gasteiger partial charge on any atom is -0.481 e. The molecule has 3 rings (SSSR count). The maximum absolute atomic E-state index is 12.7. The molecule has 1 aliphatic rings. The molecule has 0 unspecified atom stereocenters. The normalized spacial score (nSPS) is 16.1. The quantitative estimate of drug-likeness (QED) is 0.852. The Morgan fingerprint density at radius 1 is 0.963 bits per heavy atom. The highest BCUT2D eigenvalue weighted by atomic mass is 16.4. The van der Waals surface area contributed by atoms with Gasteiger partial charge < -0.3 is 10.0 Å². The van der Waals surface area contributed by atoms with E-state index in [1.165, 1.54) is 0 Å². The standard InChI is InChI=1S/C22H26N2O3/c1-17-7-9-19(10-8-17)22(27)24-15-13-23(14-16-24)20(11-12-21(25)26)18-5-3-2-4-6-18/h2-10,20H,11-16H2,1H3,(H,25,26)/t20-/m0/s1. The zero-order valence-electron chi connectivity index (χ0n) is 15.7. The largest absolute Gasteiger partial charge is 0.481 e. The predicted molar refractivity (Wildman–Crippen MR) is 105 cm³/mol. The monoisotopic (exact) mass is 366 g/mol. The van der Waals surface area contributed by atoms with Crippen LogP contribution in [0.4, 0.5) is 0 Å². The summed E-state index contributed by atoms with van der Waals surface area (Å²) in [5.41, 5.74) is 3.00. The van der Waals surface area contributed by atoms with Crippen molar-refractivity contribution in [2.24, 2.45) is 0 Å². The number of aliphatic carboxylic acids is 1. The minimum atomic E-state index is -0.774. The van der Waals surface area contributed by atoms with Crippen molar-refractivity contribution in [3.8, 4) is 0 Å². The first kappa shape index (κ1) is 19.1. The van der Waals surface area contributed by atoms with Crippen molar-refractivity contribution in [2.45, 2.75) is 25.8 Å². The van der Waals surface area contributed by atoms with Gasteiger partial charge in [0.2, 0.25) is 0 Å². The second kappa shape index (κ2) is 8.82. The van der Waals surface area contributed by atoms with Gasteiger partial charge in [0.25, 0.3) is 5.91 Å². The van der Waals surface area contributed by atoms with Gasteiger partial charge in [-0.15, -0.1) is 0 Å². The van der Waals surface area contributed by atoms with Crippen LogP contribution in [0.1, 0.15) is 40.4 Å². The Morgan fingerprint density at radius 3 is 2.19 bits per heavy atom. The number of amides is 1. The van der Waals surface area contributed by atoms with Crippen LogP contribution in [0.15, 0.2) is 54.6 Å². The fourth-order valence-corrected chi connectivity index (χ4v) is 3.61. The van der Waals surface area contributed by atoms with Crippen LogP contribution in [0.25, 0.3) is 0 Å². The molecule has 1 saturated heterocycles. The minimum absolute atomic E-state index is 0.0662. The number of nitrogens with zero attached hydrogens (tertiary/aromatic N) is 2. The summed E-state index contributed by atoms with van der Waals surface area (Å²) in [7, 11) is 0. The smallest absolute Gasteiger partial charge is 0.303 e. The van der Waals surface area contributed by atoms with Gasteiger partial charge in [0.15, 0.2) is 0 Å². The van der Waals surface area contributed by atoms with Crippen LogP contribution in [0.5, 0.6) is 0 Å². The van der Waals surface area contributed by atoms with E-state index in [2.05, 4.69) is 17.0 Å². The second-order valence-corrected chi connectivity index (χ2v) is 7.05. The number of rotatable bonds is 6. The van der Waals surface area contributed by atoms with E-state index in [9.17, 15) is 9.59 Å². The molecule has 27 heavy (non-hydrogen) atoms. The number of hydrogen-bond acceptors (Lipinski definition) is 3. The SMILES string of the molecule is Cc1ccc(C(=O)N2CCN([C@@H](CCC(=O)O)c3ccccc3)CC2)cc1. The Balaban J connectivity index is 1.65. The second-order valence-electron chi connectivity index (χ2n) is 7.05. The molecule has 0 spiro atoms. The summed E-state index contributed by atoms with van der Waals surface area (Å²) in [6.07, 6.45) is 0.716. The molecule has 1 N–H and O–H groups in total. The molecule has 0 aromatic heterocycles. The number of carboxylic acid groups (broad SMARTS) is 1. The molecule has 0 radical (unpaired) electrons. The fourth-order valence-electron chi connectivity index (χ4n) is 3.61. The highest BCUT2D eigenvalue weighted by molar-refractivity contribution is 5.94. The van der Waals surface area contributed by atoms with E-state index in [1.54, 1.807) is 0 Å². The lowest BCUT2D eigenvalue weighted by Crippen LogP contribution is -2.49. The first-order chi connectivity index (χ1) is 13.0. The first-order valence-electron chi connectivity index (χ1n) is 9.41. The fraction of sp³-hybridized carbons (Fsp3) is 0.364. The van der Waals surface area contributed by atoms with Crippen LogP contribution >= 0.6 is 0 Å². The summed E-state index contributed by atoms with van der Waals surface area (Å²) in [6, 6.07) is 17.8. The van der Waals surface area contributed by atoms with E-state index < -0.39 is 5.97 Å². The van der Waals surface area contributed by atoms with Crippen molar-refractivity contribution in [1.82, 2.24) is 9.80 Å². The van der Waals surface area contributed by atoms with E-state index in [4.69, 9.17) is 5.11 Å². The number of benzene rings is 2. The molecule has 1 heterocycles. The number of aryl methyl sites for hydroxylation is 1. The number of piperazine rings is 1. The van der Waals surface area contributed by atoms with Gasteiger partial charge in [-0.25, -0.2) is 0 Å². The number of hydrogen-bond donors (Lipinski definition) is 1. The lowest BCUT2D eigenvalue weighted by molar-refractivity contribution is -0.137. The molecule has 0 bridgehead atoms. The van der Waals surface area contributed by atoms with E-state index in [0.29, 0.717) is 19.5 Å². The van der Waals surface area contributed by atoms with Crippen LogP contribution in [0, 0.1) is 6.92 Å². The maximum Gasteiger partial charge on any atom is 0.303 e. The molecule has 0 aliphatic carbocycles. The van der Waals surface area contributed by atoms with Gasteiger partial charge in [0.05, 0.1) is 0 Å². The predicted octanol–water partition coefficient (Wildman–Crippen LogP) is 3.36. The van der Waals surface area contributed by atoms with Crippen molar-refractivity contribution >= 4 is 11.9 Å². The van der Waals surface area contributed by atoms with Gasteiger partial charge >= 0.3 is 5.97 Å². The van der Waals surface area contributed by atoms with Crippen LogP contribution < -0.4 is 0 Å². The average Bonchev–Trinajstić information content (AvgIpc) is 2.69.